The summed E-state index contributed by atoms with van der Waals surface area (Å²) in [5.41, 5.74) is 16.4. The van der Waals surface area contributed by atoms with Gasteiger partial charge in [0.2, 0.25) is 5.89 Å². The van der Waals surface area contributed by atoms with Crippen LogP contribution in [0, 0.1) is 20.8 Å². The van der Waals surface area contributed by atoms with Gasteiger partial charge in [-0.15, -0.1) is 0 Å². The Labute approximate surface area is 321 Å². The molecule has 2 aromatic heterocycles. The van der Waals surface area contributed by atoms with Crippen LogP contribution in [0.5, 0.6) is 5.75 Å². The lowest BCUT2D eigenvalue weighted by Crippen LogP contribution is -2.10. The molecule has 0 saturated heterocycles. The Morgan fingerprint density at radius 1 is 0.545 bits per heavy atom. The van der Waals surface area contributed by atoms with Crippen LogP contribution in [-0.2, 0) is 5.41 Å². The van der Waals surface area contributed by atoms with Gasteiger partial charge in [-0.1, -0.05) is 123 Å². The molecule has 4 heteroatoms. The largest absolute Gasteiger partial charge is 0.507 e. The smallest absolute Gasteiger partial charge is 0.231 e. The third kappa shape index (κ3) is 6.04. The van der Waals surface area contributed by atoms with E-state index in [0.717, 1.165) is 60.8 Å². The monoisotopic (exact) mass is 714 g/mol. The van der Waals surface area contributed by atoms with Crippen molar-refractivity contribution in [2.24, 2.45) is 0 Å². The van der Waals surface area contributed by atoms with Gasteiger partial charge in [0.25, 0.3) is 0 Å². The van der Waals surface area contributed by atoms with Crippen molar-refractivity contribution in [2.45, 2.75) is 47.0 Å². The molecular formula is C51H42N2O2. The predicted octanol–water partition coefficient (Wildman–Crippen LogP) is 13.8. The first kappa shape index (κ1) is 34.3. The summed E-state index contributed by atoms with van der Waals surface area (Å²) in [6, 6.07) is 46.6. The van der Waals surface area contributed by atoms with Gasteiger partial charge in [0.15, 0.2) is 5.58 Å². The number of aromatic nitrogens is 2. The number of nitrogens with zero attached hydrogens (tertiary/aromatic N) is 2. The Hall–Kier alpha value is -6.52. The number of aromatic hydroxyl groups is 1. The molecule has 9 rings (SSSR count). The number of pyridine rings is 1. The highest BCUT2D eigenvalue weighted by molar-refractivity contribution is 6.05. The molecule has 0 amide bonds. The average Bonchev–Trinajstić information content (AvgIpc) is 3.61. The third-order valence-corrected chi connectivity index (χ3v) is 10.9. The Morgan fingerprint density at radius 3 is 2.04 bits per heavy atom. The molecule has 0 bridgehead atoms. The Bertz CT molecular complexity index is 2930. The zero-order valence-corrected chi connectivity index (χ0v) is 32.0. The molecule has 0 aliphatic carbocycles. The molecule has 7 aromatic carbocycles. The first-order chi connectivity index (χ1) is 26.5. The van der Waals surface area contributed by atoms with E-state index in [9.17, 15) is 5.11 Å². The van der Waals surface area contributed by atoms with Crippen LogP contribution in [0.4, 0.5) is 0 Å². The average molecular weight is 715 g/mol. The number of benzene rings is 7. The van der Waals surface area contributed by atoms with E-state index in [1.807, 2.05) is 18.3 Å². The van der Waals surface area contributed by atoms with Crippen molar-refractivity contribution in [3.63, 3.8) is 0 Å². The van der Waals surface area contributed by atoms with Gasteiger partial charge in [-0.05, 0) is 123 Å². The maximum absolute atomic E-state index is 11.1. The van der Waals surface area contributed by atoms with E-state index in [4.69, 9.17) is 14.4 Å². The van der Waals surface area contributed by atoms with Gasteiger partial charge < -0.3 is 9.52 Å². The van der Waals surface area contributed by atoms with Crippen molar-refractivity contribution < 1.29 is 9.52 Å². The lowest BCUT2D eigenvalue weighted by atomic mass is 9.86. The summed E-state index contributed by atoms with van der Waals surface area (Å²) < 4.78 is 6.61. The van der Waals surface area contributed by atoms with Crippen LogP contribution in [0.2, 0.25) is 0 Å². The first-order valence-corrected chi connectivity index (χ1v) is 18.9. The van der Waals surface area contributed by atoms with Gasteiger partial charge in [-0.25, -0.2) is 4.98 Å². The number of hydrogen-bond donors (Lipinski definition) is 1. The molecule has 0 aliphatic rings. The summed E-state index contributed by atoms with van der Waals surface area (Å²) in [5.74, 6) is 0.523. The van der Waals surface area contributed by atoms with Crippen LogP contribution in [0.1, 0.15) is 43.0 Å². The maximum Gasteiger partial charge on any atom is 0.231 e. The van der Waals surface area contributed by atoms with Crippen LogP contribution >= 0.6 is 0 Å². The summed E-state index contributed by atoms with van der Waals surface area (Å²) in [6.45, 7) is 13.0. The zero-order valence-electron chi connectivity index (χ0n) is 32.0. The second-order valence-corrected chi connectivity index (χ2v) is 15.8. The highest BCUT2D eigenvalue weighted by Crippen LogP contribution is 2.42. The van der Waals surface area contributed by atoms with E-state index in [0.29, 0.717) is 17.0 Å². The van der Waals surface area contributed by atoms with Crippen LogP contribution < -0.4 is 0 Å². The van der Waals surface area contributed by atoms with E-state index < -0.39 is 0 Å². The molecule has 0 atom stereocenters. The molecule has 0 aliphatic heterocycles. The summed E-state index contributed by atoms with van der Waals surface area (Å²) in [4.78, 5) is 10.1. The number of fused-ring (bicyclic) bond motifs is 3. The highest BCUT2D eigenvalue weighted by Gasteiger charge is 2.22. The SMILES string of the molecule is Cc1cc(C)c(-c2ccnc3c(-c4cccc(-c5cc(-c6cccc7ccccc67)cc6oc(-c7cc(C(C)(C)C)ccc7O)nc56)c4)cccc23)c(C)c1. The van der Waals surface area contributed by atoms with Gasteiger partial charge in [0.1, 0.15) is 11.3 Å². The first-order valence-electron chi connectivity index (χ1n) is 18.9. The van der Waals surface area contributed by atoms with Crippen LogP contribution in [0.15, 0.2) is 144 Å². The zero-order chi connectivity index (χ0) is 38.0. The Morgan fingerprint density at radius 2 is 1.24 bits per heavy atom. The molecule has 0 unspecified atom stereocenters. The fourth-order valence-corrected chi connectivity index (χ4v) is 8.26. The normalized spacial score (nSPS) is 11.9. The summed E-state index contributed by atoms with van der Waals surface area (Å²) in [5, 5.41) is 14.6. The van der Waals surface area contributed by atoms with E-state index >= 15 is 0 Å². The maximum atomic E-state index is 11.1. The molecule has 55 heavy (non-hydrogen) atoms. The molecule has 4 nitrogen and oxygen atoms in total. The van der Waals surface area contributed by atoms with E-state index in [1.54, 1.807) is 6.07 Å². The molecule has 268 valence electrons. The Balaban J connectivity index is 1.25. The third-order valence-electron chi connectivity index (χ3n) is 10.9. The van der Waals surface area contributed by atoms with Crippen molar-refractivity contribution >= 4 is 32.8 Å². The van der Waals surface area contributed by atoms with E-state index in [2.05, 4.69) is 157 Å². The number of phenolic OH excluding ortho intramolecular Hbond substituents is 1. The van der Waals surface area contributed by atoms with Gasteiger partial charge in [-0.3, -0.25) is 4.98 Å². The van der Waals surface area contributed by atoms with Gasteiger partial charge in [-0.2, -0.15) is 0 Å². The molecule has 0 saturated carbocycles. The molecule has 2 heterocycles. The van der Waals surface area contributed by atoms with E-state index in [-0.39, 0.29) is 11.2 Å². The number of aryl methyl sites for hydroxylation is 3. The quantitative estimate of drug-likeness (QED) is 0.193. The fraction of sp³-hybridized carbons (Fsp3) is 0.137. The molecule has 9 aromatic rings. The van der Waals surface area contributed by atoms with Crippen LogP contribution in [-0.4, -0.2) is 15.1 Å². The second kappa shape index (κ2) is 13.1. The van der Waals surface area contributed by atoms with Crippen molar-refractivity contribution in [1.82, 2.24) is 9.97 Å². The molecule has 0 radical (unpaired) electrons. The Kier molecular flexibility index (Phi) is 8.16. The van der Waals surface area contributed by atoms with Crippen molar-refractivity contribution in [3.05, 3.63) is 162 Å². The van der Waals surface area contributed by atoms with Gasteiger partial charge in [0.05, 0.1) is 11.1 Å². The van der Waals surface area contributed by atoms with Crippen LogP contribution in [0.3, 0.4) is 0 Å². The number of hydrogen-bond acceptors (Lipinski definition) is 4. The molecule has 0 spiro atoms. The summed E-state index contributed by atoms with van der Waals surface area (Å²) in [7, 11) is 0. The number of para-hydroxylation sites is 1. The number of oxazole rings is 1. The molecular weight excluding hydrogens is 673 g/mol. The number of phenols is 1. The highest BCUT2D eigenvalue weighted by atomic mass is 16.3. The summed E-state index contributed by atoms with van der Waals surface area (Å²) in [6.07, 6.45) is 1.93. The molecule has 1 N–H and O–H groups in total. The van der Waals surface area contributed by atoms with Crippen molar-refractivity contribution in [1.29, 1.82) is 0 Å². The standard InChI is InChI=1S/C51H42N2O2/c1-30-24-31(2)47(32(3)25-30)41-22-23-52-48-40(18-11-19-42(41)48)34-14-9-15-35(26-34)43-27-36(39-17-10-13-33-12-7-8-16-38(33)39)28-46-49(43)53-50(55-46)44-29-37(51(4,5)6)20-21-45(44)54/h7-29,54H,1-6H3. The topological polar surface area (TPSA) is 59.2 Å². The van der Waals surface area contributed by atoms with Crippen LogP contribution in [0.25, 0.3) is 88.7 Å². The minimum atomic E-state index is -0.114. The second-order valence-electron chi connectivity index (χ2n) is 15.8. The van der Waals surface area contributed by atoms with Gasteiger partial charge >= 0.3 is 0 Å². The molecule has 0 fully saturated rings. The van der Waals surface area contributed by atoms with E-state index in [1.165, 1.54) is 33.2 Å². The minimum Gasteiger partial charge on any atom is -0.507 e. The lowest BCUT2D eigenvalue weighted by Gasteiger charge is -2.19. The fourth-order valence-electron chi connectivity index (χ4n) is 8.26. The van der Waals surface area contributed by atoms with Crippen molar-refractivity contribution in [3.8, 4) is 61.7 Å². The van der Waals surface area contributed by atoms with Crippen molar-refractivity contribution in [2.75, 3.05) is 0 Å². The predicted molar refractivity (Wildman–Crippen MR) is 229 cm³/mol. The number of rotatable bonds is 5. The lowest BCUT2D eigenvalue weighted by molar-refractivity contribution is 0.473. The minimum absolute atomic E-state index is 0.114. The van der Waals surface area contributed by atoms with Gasteiger partial charge in [0, 0.05) is 22.7 Å². The summed E-state index contributed by atoms with van der Waals surface area (Å²) >= 11 is 0.